The quantitative estimate of drug-likeness (QED) is 0.512. The van der Waals surface area contributed by atoms with Gasteiger partial charge in [-0.25, -0.2) is 4.79 Å². The standard InChI is InChI=1S/C22H25N5O4/c1-27(22(29)24-18-6-4-3-5-7-18)14-12-19-25-21(31-26-19)17-10-8-16(9-11-17)20(28)23-13-15-30-2/h3-11H,12-15H2,1-2H3,(H,23,28)(H,24,29). The highest BCUT2D eigenvalue weighted by Gasteiger charge is 2.13. The van der Waals surface area contributed by atoms with Crippen LogP contribution in [0.25, 0.3) is 11.5 Å². The second-order valence-electron chi connectivity index (χ2n) is 6.81. The van der Waals surface area contributed by atoms with Gasteiger partial charge in [0.2, 0.25) is 0 Å². The number of amides is 3. The Labute approximate surface area is 180 Å². The zero-order chi connectivity index (χ0) is 22.1. The number of nitrogens with one attached hydrogen (secondary N) is 2. The van der Waals surface area contributed by atoms with Crippen LogP contribution in [0.4, 0.5) is 10.5 Å². The molecule has 2 aromatic carbocycles. The molecule has 0 spiro atoms. The second kappa shape index (κ2) is 10.9. The Balaban J connectivity index is 1.51. The summed E-state index contributed by atoms with van der Waals surface area (Å²) in [6.07, 6.45) is 0.447. The average Bonchev–Trinajstić information content (AvgIpc) is 3.27. The maximum Gasteiger partial charge on any atom is 0.321 e. The SMILES string of the molecule is COCCNC(=O)c1ccc(-c2nc(CCN(C)C(=O)Nc3ccccc3)no2)cc1. The van der Waals surface area contributed by atoms with E-state index in [1.165, 1.54) is 0 Å². The van der Waals surface area contributed by atoms with Crippen molar-refractivity contribution in [1.82, 2.24) is 20.4 Å². The molecule has 3 aromatic rings. The van der Waals surface area contributed by atoms with Crippen molar-refractivity contribution in [3.63, 3.8) is 0 Å². The van der Waals surface area contributed by atoms with E-state index in [0.717, 1.165) is 5.69 Å². The third-order valence-electron chi connectivity index (χ3n) is 4.50. The summed E-state index contributed by atoms with van der Waals surface area (Å²) in [5.74, 6) is 0.681. The van der Waals surface area contributed by atoms with Crippen molar-refractivity contribution in [3.8, 4) is 11.5 Å². The molecule has 0 aliphatic heterocycles. The Hall–Kier alpha value is -3.72. The number of rotatable bonds is 9. The molecule has 0 fully saturated rings. The molecule has 9 nitrogen and oxygen atoms in total. The molecule has 1 heterocycles. The van der Waals surface area contributed by atoms with Gasteiger partial charge in [-0.1, -0.05) is 23.4 Å². The number of ether oxygens (including phenoxy) is 1. The summed E-state index contributed by atoms with van der Waals surface area (Å²) in [5.41, 5.74) is 1.98. The van der Waals surface area contributed by atoms with Gasteiger partial charge >= 0.3 is 6.03 Å². The van der Waals surface area contributed by atoms with Crippen LogP contribution in [0.3, 0.4) is 0 Å². The van der Waals surface area contributed by atoms with Gasteiger partial charge < -0.3 is 24.8 Å². The van der Waals surface area contributed by atoms with E-state index >= 15 is 0 Å². The monoisotopic (exact) mass is 423 g/mol. The molecule has 31 heavy (non-hydrogen) atoms. The largest absolute Gasteiger partial charge is 0.383 e. The highest BCUT2D eigenvalue weighted by atomic mass is 16.5. The van der Waals surface area contributed by atoms with Crippen molar-refractivity contribution < 1.29 is 18.8 Å². The number of aromatic nitrogens is 2. The summed E-state index contributed by atoms with van der Waals surface area (Å²) in [4.78, 5) is 30.2. The van der Waals surface area contributed by atoms with Crippen LogP contribution >= 0.6 is 0 Å². The topological polar surface area (TPSA) is 110 Å². The fourth-order valence-corrected chi connectivity index (χ4v) is 2.72. The van der Waals surface area contributed by atoms with E-state index in [1.54, 1.807) is 43.3 Å². The molecule has 0 bridgehead atoms. The van der Waals surface area contributed by atoms with Crippen LogP contribution < -0.4 is 10.6 Å². The highest BCUT2D eigenvalue weighted by Crippen LogP contribution is 2.18. The predicted octanol–water partition coefficient (Wildman–Crippen LogP) is 2.82. The molecule has 0 saturated heterocycles. The maximum absolute atomic E-state index is 12.2. The summed E-state index contributed by atoms with van der Waals surface area (Å²) < 4.78 is 10.2. The van der Waals surface area contributed by atoms with Gasteiger partial charge in [-0.2, -0.15) is 4.98 Å². The lowest BCUT2D eigenvalue weighted by atomic mass is 10.1. The third kappa shape index (κ3) is 6.38. The Morgan fingerprint density at radius 2 is 1.84 bits per heavy atom. The van der Waals surface area contributed by atoms with Gasteiger partial charge in [0.1, 0.15) is 0 Å². The number of carbonyl (C=O) groups excluding carboxylic acids is 2. The number of methoxy groups -OCH3 is 1. The molecule has 0 aliphatic carbocycles. The van der Waals surface area contributed by atoms with Gasteiger partial charge in [0.25, 0.3) is 11.8 Å². The van der Waals surface area contributed by atoms with E-state index in [9.17, 15) is 9.59 Å². The second-order valence-corrected chi connectivity index (χ2v) is 6.81. The minimum atomic E-state index is -0.214. The van der Waals surface area contributed by atoms with Crippen molar-refractivity contribution in [2.24, 2.45) is 0 Å². The summed E-state index contributed by atoms with van der Waals surface area (Å²) in [5, 5.41) is 9.56. The summed E-state index contributed by atoms with van der Waals surface area (Å²) >= 11 is 0. The molecule has 0 unspecified atom stereocenters. The fourth-order valence-electron chi connectivity index (χ4n) is 2.72. The van der Waals surface area contributed by atoms with Crippen molar-refractivity contribution >= 4 is 17.6 Å². The highest BCUT2D eigenvalue weighted by molar-refractivity contribution is 5.94. The van der Waals surface area contributed by atoms with Crippen LogP contribution in [0.15, 0.2) is 59.1 Å². The number of likely N-dealkylation sites (N-methyl/N-ethyl adjacent to an activating group) is 1. The molecule has 0 radical (unpaired) electrons. The molecule has 2 N–H and O–H groups in total. The molecular formula is C22H25N5O4. The number of benzene rings is 2. The van der Waals surface area contributed by atoms with E-state index in [0.29, 0.717) is 49.0 Å². The maximum atomic E-state index is 12.2. The average molecular weight is 423 g/mol. The first-order valence-electron chi connectivity index (χ1n) is 9.84. The number of hydrogen-bond donors (Lipinski definition) is 2. The number of anilines is 1. The minimum Gasteiger partial charge on any atom is -0.383 e. The van der Waals surface area contributed by atoms with Crippen molar-refractivity contribution in [1.29, 1.82) is 0 Å². The third-order valence-corrected chi connectivity index (χ3v) is 4.50. The molecular weight excluding hydrogens is 398 g/mol. The summed E-state index contributed by atoms with van der Waals surface area (Å²) in [6, 6.07) is 15.9. The lowest BCUT2D eigenvalue weighted by molar-refractivity contribution is 0.0937. The minimum absolute atomic E-state index is 0.174. The van der Waals surface area contributed by atoms with Crippen molar-refractivity contribution in [3.05, 3.63) is 66.0 Å². The molecule has 3 amide bonds. The van der Waals surface area contributed by atoms with E-state index in [1.807, 2.05) is 30.3 Å². The molecule has 3 rings (SSSR count). The van der Waals surface area contributed by atoms with Gasteiger partial charge in [-0.3, -0.25) is 4.79 Å². The molecule has 1 aromatic heterocycles. The Kier molecular flexibility index (Phi) is 7.72. The van der Waals surface area contributed by atoms with Crippen LogP contribution in [-0.4, -0.2) is 60.8 Å². The first-order valence-corrected chi connectivity index (χ1v) is 9.84. The van der Waals surface area contributed by atoms with E-state index in [-0.39, 0.29) is 11.9 Å². The van der Waals surface area contributed by atoms with Crippen LogP contribution in [0.2, 0.25) is 0 Å². The fraction of sp³-hybridized carbons (Fsp3) is 0.273. The number of carbonyl (C=O) groups is 2. The van der Waals surface area contributed by atoms with Gasteiger partial charge in [-0.05, 0) is 36.4 Å². The van der Waals surface area contributed by atoms with Gasteiger partial charge in [0.15, 0.2) is 5.82 Å². The Morgan fingerprint density at radius 3 is 2.55 bits per heavy atom. The number of hydrogen-bond acceptors (Lipinski definition) is 6. The zero-order valence-corrected chi connectivity index (χ0v) is 17.5. The Bertz CT molecular complexity index is 989. The van der Waals surface area contributed by atoms with Crippen LogP contribution in [0, 0.1) is 0 Å². The van der Waals surface area contributed by atoms with Crippen LogP contribution in [0.1, 0.15) is 16.2 Å². The summed E-state index contributed by atoms with van der Waals surface area (Å²) in [7, 11) is 3.28. The lowest BCUT2D eigenvalue weighted by Gasteiger charge is -2.16. The molecule has 9 heteroatoms. The number of para-hydroxylation sites is 1. The van der Waals surface area contributed by atoms with E-state index in [4.69, 9.17) is 9.26 Å². The summed E-state index contributed by atoms with van der Waals surface area (Å²) in [6.45, 7) is 1.33. The smallest absolute Gasteiger partial charge is 0.321 e. The zero-order valence-electron chi connectivity index (χ0n) is 17.5. The van der Waals surface area contributed by atoms with E-state index < -0.39 is 0 Å². The predicted molar refractivity (Wildman–Crippen MR) is 116 cm³/mol. The van der Waals surface area contributed by atoms with Gasteiger partial charge in [0.05, 0.1) is 6.61 Å². The molecule has 162 valence electrons. The number of nitrogens with zero attached hydrogens (tertiary/aromatic N) is 3. The van der Waals surface area contributed by atoms with Gasteiger partial charge in [0, 0.05) is 50.5 Å². The molecule has 0 saturated carbocycles. The Morgan fingerprint density at radius 1 is 1.10 bits per heavy atom. The first-order chi connectivity index (χ1) is 15.1. The molecule has 0 aliphatic rings. The van der Waals surface area contributed by atoms with Crippen LogP contribution in [-0.2, 0) is 11.2 Å². The number of urea groups is 1. The van der Waals surface area contributed by atoms with Gasteiger partial charge in [-0.15, -0.1) is 0 Å². The normalized spacial score (nSPS) is 10.5. The van der Waals surface area contributed by atoms with Crippen LogP contribution in [0.5, 0.6) is 0 Å². The van der Waals surface area contributed by atoms with Crippen molar-refractivity contribution in [2.45, 2.75) is 6.42 Å². The lowest BCUT2D eigenvalue weighted by Crippen LogP contribution is -2.33. The van der Waals surface area contributed by atoms with Crippen molar-refractivity contribution in [2.75, 3.05) is 39.2 Å². The molecule has 0 atom stereocenters. The van der Waals surface area contributed by atoms with E-state index in [2.05, 4.69) is 20.8 Å². The first kappa shape index (κ1) is 22.0.